The van der Waals surface area contributed by atoms with Gasteiger partial charge in [0.2, 0.25) is 7.29 Å². The highest BCUT2D eigenvalue weighted by atomic mass is 32.2. The molecule has 228 valence electrons. The van der Waals surface area contributed by atoms with Crippen molar-refractivity contribution >= 4 is 33.8 Å². The SMILES string of the molecule is Cc1ccc(S(=O)(=O)C(CNC(=O)OCC2c3ccccc3-c3ccccc32)NP(=O)(c2ccccc2)c2ccccc2)cc1. The van der Waals surface area contributed by atoms with E-state index in [0.29, 0.717) is 10.6 Å². The van der Waals surface area contributed by atoms with Crippen LogP contribution in [0.3, 0.4) is 0 Å². The topological polar surface area (TPSA) is 102 Å². The third kappa shape index (κ3) is 6.22. The predicted octanol–water partition coefficient (Wildman–Crippen LogP) is 6.15. The number of fused-ring (bicyclic) bond motifs is 3. The average Bonchev–Trinajstić information content (AvgIpc) is 3.40. The summed E-state index contributed by atoms with van der Waals surface area (Å²) in [5, 5.41) is 5.09. The number of carbonyl (C=O) groups excluding carboxylic acids is 1. The van der Waals surface area contributed by atoms with Crippen LogP contribution < -0.4 is 21.0 Å². The minimum absolute atomic E-state index is 0.0487. The first-order chi connectivity index (χ1) is 21.8. The van der Waals surface area contributed by atoms with Crippen molar-refractivity contribution in [3.05, 3.63) is 150 Å². The van der Waals surface area contributed by atoms with Crippen LogP contribution in [0.15, 0.2) is 138 Å². The van der Waals surface area contributed by atoms with Gasteiger partial charge in [-0.3, -0.25) is 4.57 Å². The van der Waals surface area contributed by atoms with Crippen LogP contribution in [0, 0.1) is 6.92 Å². The highest BCUT2D eigenvalue weighted by Crippen LogP contribution is 2.44. The molecule has 1 unspecified atom stereocenters. The van der Waals surface area contributed by atoms with Crippen LogP contribution in [0.1, 0.15) is 22.6 Å². The van der Waals surface area contributed by atoms with E-state index < -0.39 is 28.6 Å². The molecule has 7 nitrogen and oxygen atoms in total. The van der Waals surface area contributed by atoms with Gasteiger partial charge in [0.25, 0.3) is 0 Å². The van der Waals surface area contributed by atoms with Crippen molar-refractivity contribution in [3.63, 3.8) is 0 Å². The molecule has 2 N–H and O–H groups in total. The second kappa shape index (κ2) is 12.9. The number of carbonyl (C=O) groups is 1. The van der Waals surface area contributed by atoms with E-state index in [-0.39, 0.29) is 24.0 Å². The summed E-state index contributed by atoms with van der Waals surface area (Å²) >= 11 is 0. The lowest BCUT2D eigenvalue weighted by Gasteiger charge is -2.27. The Bertz CT molecular complexity index is 1880. The summed E-state index contributed by atoms with van der Waals surface area (Å²) in [6.07, 6.45) is -0.767. The predicted molar refractivity (Wildman–Crippen MR) is 178 cm³/mol. The van der Waals surface area contributed by atoms with Gasteiger partial charge in [-0.15, -0.1) is 0 Å². The standard InChI is InChI=1S/C36H33N2O5PS/c1-26-20-22-29(23-21-26)45(41,42)35(38-44(40,27-12-4-2-5-13-27)28-14-6-3-7-15-28)24-37-36(39)43-25-34-32-18-10-8-16-30(32)31-17-9-11-19-33(31)34/h2-23,34-35H,24-25H2,1H3,(H,37,39)(H,38,40). The second-order valence-electron chi connectivity index (χ2n) is 11.0. The first-order valence-corrected chi connectivity index (χ1v) is 17.9. The fourth-order valence-corrected chi connectivity index (χ4v) is 10.1. The van der Waals surface area contributed by atoms with Crippen LogP contribution in [-0.2, 0) is 19.1 Å². The Labute approximate surface area is 263 Å². The van der Waals surface area contributed by atoms with E-state index in [1.54, 1.807) is 72.8 Å². The van der Waals surface area contributed by atoms with Gasteiger partial charge in [0.05, 0.1) is 11.4 Å². The van der Waals surface area contributed by atoms with E-state index in [0.717, 1.165) is 27.8 Å². The zero-order valence-corrected chi connectivity index (χ0v) is 26.4. The Kier molecular flexibility index (Phi) is 8.72. The maximum absolute atomic E-state index is 14.8. The normalized spacial score (nSPS) is 13.4. The highest BCUT2D eigenvalue weighted by Gasteiger charge is 2.37. The minimum atomic E-state index is -4.13. The number of benzene rings is 5. The molecule has 0 aromatic heterocycles. The van der Waals surface area contributed by atoms with Gasteiger partial charge in [0.1, 0.15) is 12.0 Å². The van der Waals surface area contributed by atoms with Crippen LogP contribution in [0.25, 0.3) is 11.1 Å². The van der Waals surface area contributed by atoms with Crippen molar-refractivity contribution in [2.24, 2.45) is 0 Å². The zero-order valence-electron chi connectivity index (χ0n) is 24.7. The van der Waals surface area contributed by atoms with Crippen LogP contribution in [0.5, 0.6) is 0 Å². The molecule has 0 bridgehead atoms. The van der Waals surface area contributed by atoms with Gasteiger partial charge in [-0.1, -0.05) is 103 Å². The molecule has 0 aliphatic heterocycles. The molecule has 6 rings (SSSR count). The molecule has 0 fully saturated rings. The highest BCUT2D eigenvalue weighted by molar-refractivity contribution is 7.92. The van der Waals surface area contributed by atoms with Crippen LogP contribution in [-0.4, -0.2) is 33.0 Å². The van der Waals surface area contributed by atoms with E-state index in [4.69, 9.17) is 4.74 Å². The average molecular weight is 637 g/mol. The van der Waals surface area contributed by atoms with Crippen molar-refractivity contribution in [1.29, 1.82) is 0 Å². The number of aryl methyl sites for hydroxylation is 1. The summed E-state index contributed by atoms with van der Waals surface area (Å²) in [4.78, 5) is 13.2. The van der Waals surface area contributed by atoms with Gasteiger partial charge in [-0.2, -0.15) is 0 Å². The lowest BCUT2D eigenvalue weighted by molar-refractivity contribution is 0.143. The van der Waals surface area contributed by atoms with Crippen molar-refractivity contribution in [2.75, 3.05) is 13.2 Å². The van der Waals surface area contributed by atoms with Gasteiger partial charge in [0.15, 0.2) is 9.84 Å². The van der Waals surface area contributed by atoms with E-state index in [2.05, 4.69) is 22.5 Å². The molecule has 1 aliphatic rings. The van der Waals surface area contributed by atoms with Crippen molar-refractivity contribution in [3.8, 4) is 11.1 Å². The second-order valence-corrected chi connectivity index (χ2v) is 15.6. The number of sulfone groups is 1. The summed E-state index contributed by atoms with van der Waals surface area (Å²) in [6.45, 7) is 1.57. The number of hydrogen-bond acceptors (Lipinski definition) is 5. The molecule has 1 atom stereocenters. The van der Waals surface area contributed by atoms with Gasteiger partial charge < -0.3 is 10.1 Å². The third-order valence-electron chi connectivity index (χ3n) is 8.06. The van der Waals surface area contributed by atoms with Crippen LogP contribution in [0.4, 0.5) is 4.79 Å². The smallest absolute Gasteiger partial charge is 0.407 e. The fraction of sp³-hybridized carbons (Fsp3) is 0.139. The molecule has 1 aliphatic carbocycles. The third-order valence-corrected chi connectivity index (χ3v) is 12.9. The Morgan fingerprint density at radius 2 is 1.22 bits per heavy atom. The van der Waals surface area contributed by atoms with Crippen molar-refractivity contribution in [1.82, 2.24) is 10.4 Å². The summed E-state index contributed by atoms with van der Waals surface area (Å²) in [7, 11) is -7.82. The molecule has 1 amide bonds. The molecular formula is C36H33N2O5PS. The Morgan fingerprint density at radius 1 is 0.733 bits per heavy atom. The number of amides is 1. The lowest BCUT2D eigenvalue weighted by atomic mass is 9.98. The Morgan fingerprint density at radius 3 is 1.76 bits per heavy atom. The largest absolute Gasteiger partial charge is 0.449 e. The molecule has 5 aromatic carbocycles. The van der Waals surface area contributed by atoms with Crippen LogP contribution >= 0.6 is 7.29 Å². The van der Waals surface area contributed by atoms with Gasteiger partial charge in [-0.05, 0) is 65.6 Å². The Balaban J connectivity index is 1.26. The Hall–Kier alpha value is -4.49. The number of rotatable bonds is 10. The van der Waals surface area contributed by atoms with Crippen molar-refractivity contribution < 1.29 is 22.5 Å². The van der Waals surface area contributed by atoms with Gasteiger partial charge in [-0.25, -0.2) is 18.3 Å². The summed E-state index contributed by atoms with van der Waals surface area (Å²) < 4.78 is 48.6. The van der Waals surface area contributed by atoms with E-state index in [9.17, 15) is 17.8 Å². The number of hydrogen-bond donors (Lipinski definition) is 2. The summed E-state index contributed by atoms with van der Waals surface area (Å²) in [6, 6.07) is 39.9. The number of ether oxygens (including phenoxy) is 1. The van der Waals surface area contributed by atoms with E-state index >= 15 is 0 Å². The molecule has 5 aromatic rings. The van der Waals surface area contributed by atoms with E-state index in [1.165, 1.54) is 12.1 Å². The molecule has 0 spiro atoms. The molecule has 0 saturated heterocycles. The molecule has 0 radical (unpaired) electrons. The minimum Gasteiger partial charge on any atom is -0.449 e. The number of alkyl carbamates (subject to hydrolysis) is 1. The first-order valence-electron chi connectivity index (χ1n) is 14.7. The fourth-order valence-electron chi connectivity index (χ4n) is 5.72. The van der Waals surface area contributed by atoms with Crippen molar-refractivity contribution in [2.45, 2.75) is 23.1 Å². The maximum atomic E-state index is 14.8. The lowest BCUT2D eigenvalue weighted by Crippen LogP contribution is -2.47. The number of nitrogens with one attached hydrogen (secondary N) is 2. The van der Waals surface area contributed by atoms with Gasteiger partial charge >= 0.3 is 6.09 Å². The maximum Gasteiger partial charge on any atom is 0.407 e. The molecule has 0 saturated carbocycles. The van der Waals surface area contributed by atoms with Gasteiger partial charge in [0, 0.05) is 16.5 Å². The summed E-state index contributed by atoms with van der Waals surface area (Å²) in [5.74, 6) is -0.148. The molecule has 45 heavy (non-hydrogen) atoms. The zero-order chi connectivity index (χ0) is 31.4. The van der Waals surface area contributed by atoms with Crippen LogP contribution in [0.2, 0.25) is 0 Å². The molecule has 9 heteroatoms. The monoisotopic (exact) mass is 636 g/mol. The first kappa shape index (κ1) is 30.5. The molecular weight excluding hydrogens is 603 g/mol. The summed E-state index contributed by atoms with van der Waals surface area (Å²) in [5.41, 5.74) is 5.25. The quantitative estimate of drug-likeness (QED) is 0.178. The molecule has 0 heterocycles. The van der Waals surface area contributed by atoms with E-state index in [1.807, 2.05) is 43.3 Å².